The molecule has 0 spiro atoms. The molecule has 0 aliphatic heterocycles. The van der Waals surface area contributed by atoms with Crippen LogP contribution in [0.3, 0.4) is 0 Å². The molecule has 1 N–H and O–H groups in total. The Labute approximate surface area is 97.0 Å². The van der Waals surface area contributed by atoms with Crippen molar-refractivity contribution >= 4 is 21.8 Å². The first-order valence-corrected chi connectivity index (χ1v) is 5.84. The Kier molecular flexibility index (Phi) is 4.75. The van der Waals surface area contributed by atoms with Crippen LogP contribution in [0.4, 0.5) is 4.39 Å². The summed E-state index contributed by atoms with van der Waals surface area (Å²) in [6.45, 7) is 1.88. The molecule has 0 aliphatic rings. The van der Waals surface area contributed by atoms with Gasteiger partial charge in [-0.2, -0.15) is 0 Å². The highest BCUT2D eigenvalue weighted by Gasteiger charge is 2.09. The maximum absolute atomic E-state index is 13.2. The van der Waals surface area contributed by atoms with Crippen molar-refractivity contribution in [2.24, 2.45) is 0 Å². The van der Waals surface area contributed by atoms with Crippen LogP contribution >= 0.6 is 15.9 Å². The number of hydrogen-bond donors (Lipinski definition) is 1. The van der Waals surface area contributed by atoms with Gasteiger partial charge in [0.25, 0.3) is 0 Å². The fourth-order valence-electron chi connectivity index (χ4n) is 1.18. The fraction of sp³-hybridized carbons (Fsp3) is 0.364. The molecule has 82 valence electrons. The molecule has 0 heterocycles. The van der Waals surface area contributed by atoms with Gasteiger partial charge in [0.15, 0.2) is 0 Å². The van der Waals surface area contributed by atoms with Crippen LogP contribution in [0.5, 0.6) is 0 Å². The molecule has 1 rings (SSSR count). The molecule has 4 heteroatoms. The summed E-state index contributed by atoms with van der Waals surface area (Å²) in [6.07, 6.45) is 0.0873. The highest BCUT2D eigenvalue weighted by molar-refractivity contribution is 9.09. The molecular weight excluding hydrogens is 261 g/mol. The molecule has 0 aliphatic carbocycles. The van der Waals surface area contributed by atoms with Gasteiger partial charge >= 0.3 is 0 Å². The van der Waals surface area contributed by atoms with E-state index in [0.717, 1.165) is 0 Å². The van der Waals surface area contributed by atoms with Crippen molar-refractivity contribution in [3.05, 3.63) is 35.6 Å². The Morgan fingerprint density at radius 2 is 2.20 bits per heavy atom. The third-order valence-corrected chi connectivity index (χ3v) is 2.92. The lowest BCUT2D eigenvalue weighted by molar-refractivity contribution is -0.120. The summed E-state index contributed by atoms with van der Waals surface area (Å²) in [5, 5.41) is 3.44. The van der Waals surface area contributed by atoms with Gasteiger partial charge in [0.2, 0.25) is 5.91 Å². The van der Waals surface area contributed by atoms with Gasteiger partial charge < -0.3 is 5.32 Å². The van der Waals surface area contributed by atoms with Crippen molar-refractivity contribution in [3.8, 4) is 0 Å². The van der Waals surface area contributed by atoms with Crippen LogP contribution in [0.1, 0.15) is 12.5 Å². The molecule has 15 heavy (non-hydrogen) atoms. The summed E-state index contributed by atoms with van der Waals surface area (Å²) in [7, 11) is 0. The van der Waals surface area contributed by atoms with Crippen molar-refractivity contribution in [3.63, 3.8) is 0 Å². The van der Waals surface area contributed by atoms with Crippen LogP contribution in [-0.2, 0) is 11.2 Å². The maximum atomic E-state index is 13.2. The Balaban J connectivity index is 2.55. The van der Waals surface area contributed by atoms with Crippen LogP contribution in [0.25, 0.3) is 0 Å². The van der Waals surface area contributed by atoms with Gasteiger partial charge in [-0.3, -0.25) is 4.79 Å². The van der Waals surface area contributed by atoms with E-state index in [9.17, 15) is 9.18 Å². The monoisotopic (exact) mass is 273 g/mol. The van der Waals surface area contributed by atoms with Crippen molar-refractivity contribution in [2.75, 3.05) is 5.33 Å². The number of carbonyl (C=O) groups is 1. The Morgan fingerprint density at radius 3 is 2.80 bits per heavy atom. The van der Waals surface area contributed by atoms with Crippen LogP contribution in [0, 0.1) is 5.82 Å². The molecular formula is C11H13BrFNO. The van der Waals surface area contributed by atoms with E-state index in [-0.39, 0.29) is 24.2 Å². The normalized spacial score (nSPS) is 12.2. The van der Waals surface area contributed by atoms with Crippen LogP contribution in [0.2, 0.25) is 0 Å². The average Bonchev–Trinajstić information content (AvgIpc) is 2.21. The van der Waals surface area contributed by atoms with Gasteiger partial charge in [-0.1, -0.05) is 34.1 Å². The molecule has 0 bridgehead atoms. The van der Waals surface area contributed by atoms with E-state index >= 15 is 0 Å². The van der Waals surface area contributed by atoms with E-state index in [1.165, 1.54) is 6.07 Å². The molecule has 1 aromatic rings. The minimum absolute atomic E-state index is 0.0595. The highest BCUT2D eigenvalue weighted by atomic mass is 79.9. The smallest absolute Gasteiger partial charge is 0.224 e. The van der Waals surface area contributed by atoms with Crippen molar-refractivity contribution in [1.82, 2.24) is 5.32 Å². The molecule has 0 fully saturated rings. The number of benzene rings is 1. The lowest BCUT2D eigenvalue weighted by Crippen LogP contribution is -2.34. The molecule has 1 unspecified atom stereocenters. The van der Waals surface area contributed by atoms with Gasteiger partial charge in [0.1, 0.15) is 5.82 Å². The SMILES string of the molecule is CC(CBr)NC(=O)Cc1ccccc1F. The molecule has 0 radical (unpaired) electrons. The number of hydrogen-bond acceptors (Lipinski definition) is 1. The summed E-state index contributed by atoms with van der Waals surface area (Å²) < 4.78 is 13.2. The molecule has 0 saturated carbocycles. The van der Waals surface area contributed by atoms with E-state index in [1.807, 2.05) is 6.92 Å². The van der Waals surface area contributed by atoms with E-state index in [2.05, 4.69) is 21.2 Å². The van der Waals surface area contributed by atoms with E-state index in [4.69, 9.17) is 0 Å². The first kappa shape index (κ1) is 12.2. The summed E-state index contributed by atoms with van der Waals surface area (Å²) in [5.74, 6) is -0.494. The van der Waals surface area contributed by atoms with Gasteiger partial charge in [-0.05, 0) is 18.6 Å². The maximum Gasteiger partial charge on any atom is 0.224 e. The Morgan fingerprint density at radius 1 is 1.53 bits per heavy atom. The zero-order valence-corrected chi connectivity index (χ0v) is 10.1. The van der Waals surface area contributed by atoms with Crippen LogP contribution in [0.15, 0.2) is 24.3 Å². The summed E-state index contributed by atoms with van der Waals surface area (Å²) in [4.78, 5) is 11.4. The minimum atomic E-state index is -0.334. The largest absolute Gasteiger partial charge is 0.353 e. The second-order valence-corrected chi connectivity index (χ2v) is 4.04. The third kappa shape index (κ3) is 4.00. The number of amides is 1. The lowest BCUT2D eigenvalue weighted by atomic mass is 10.1. The number of carbonyl (C=O) groups excluding carboxylic acids is 1. The van der Waals surface area contributed by atoms with Crippen LogP contribution < -0.4 is 5.32 Å². The summed E-state index contributed by atoms with van der Waals surface area (Å²) in [6, 6.07) is 6.37. The average molecular weight is 274 g/mol. The number of nitrogens with one attached hydrogen (secondary N) is 1. The topological polar surface area (TPSA) is 29.1 Å². The van der Waals surface area contributed by atoms with Crippen molar-refractivity contribution in [1.29, 1.82) is 0 Å². The van der Waals surface area contributed by atoms with E-state index in [0.29, 0.717) is 10.9 Å². The minimum Gasteiger partial charge on any atom is -0.353 e. The van der Waals surface area contributed by atoms with Crippen molar-refractivity contribution in [2.45, 2.75) is 19.4 Å². The van der Waals surface area contributed by atoms with Gasteiger partial charge in [0.05, 0.1) is 6.42 Å². The van der Waals surface area contributed by atoms with Gasteiger partial charge in [0, 0.05) is 11.4 Å². The van der Waals surface area contributed by atoms with Crippen molar-refractivity contribution < 1.29 is 9.18 Å². The second-order valence-electron chi connectivity index (χ2n) is 3.39. The van der Waals surface area contributed by atoms with Gasteiger partial charge in [-0.25, -0.2) is 4.39 Å². The Hall–Kier alpha value is -0.900. The number of halogens is 2. The summed E-state index contributed by atoms with van der Waals surface area (Å²) in [5.41, 5.74) is 0.428. The predicted octanol–water partition coefficient (Wildman–Crippen LogP) is 2.27. The number of rotatable bonds is 4. The standard InChI is InChI=1S/C11H13BrFNO/c1-8(7-12)14-11(15)6-9-4-2-3-5-10(9)13/h2-5,8H,6-7H2,1H3,(H,14,15). The number of alkyl halides is 1. The highest BCUT2D eigenvalue weighted by Crippen LogP contribution is 2.06. The lowest BCUT2D eigenvalue weighted by Gasteiger charge is -2.10. The zero-order chi connectivity index (χ0) is 11.3. The second kappa shape index (κ2) is 5.85. The van der Waals surface area contributed by atoms with E-state index < -0.39 is 0 Å². The molecule has 1 amide bonds. The molecule has 0 saturated heterocycles. The Bertz CT molecular complexity index is 343. The fourth-order valence-corrected chi connectivity index (χ4v) is 1.34. The zero-order valence-electron chi connectivity index (χ0n) is 8.47. The van der Waals surface area contributed by atoms with E-state index in [1.54, 1.807) is 18.2 Å². The first-order chi connectivity index (χ1) is 7.13. The first-order valence-electron chi connectivity index (χ1n) is 4.72. The molecule has 1 atom stereocenters. The summed E-state index contributed by atoms with van der Waals surface area (Å²) >= 11 is 3.25. The van der Waals surface area contributed by atoms with Gasteiger partial charge in [-0.15, -0.1) is 0 Å². The quantitative estimate of drug-likeness (QED) is 0.838. The molecule has 0 aromatic heterocycles. The third-order valence-electron chi connectivity index (χ3n) is 1.95. The van der Waals surface area contributed by atoms with Crippen LogP contribution in [-0.4, -0.2) is 17.3 Å². The molecule has 1 aromatic carbocycles. The predicted molar refractivity (Wildman–Crippen MR) is 61.5 cm³/mol. The molecule has 2 nitrogen and oxygen atoms in total.